The van der Waals surface area contributed by atoms with Gasteiger partial charge in [0.2, 0.25) is 10.0 Å². The lowest BCUT2D eigenvalue weighted by atomic mass is 10.2. The first kappa shape index (κ1) is 15.4. The van der Waals surface area contributed by atoms with Crippen molar-refractivity contribution in [1.29, 1.82) is 0 Å². The van der Waals surface area contributed by atoms with E-state index in [9.17, 15) is 12.8 Å². The summed E-state index contributed by atoms with van der Waals surface area (Å²) in [6, 6.07) is 3.86. The van der Waals surface area contributed by atoms with Gasteiger partial charge in [0, 0.05) is 39.3 Å². The van der Waals surface area contributed by atoms with Crippen LogP contribution in [0.25, 0.3) is 0 Å². The van der Waals surface area contributed by atoms with Crippen molar-refractivity contribution in [3.63, 3.8) is 0 Å². The molecule has 0 saturated carbocycles. The van der Waals surface area contributed by atoms with Crippen LogP contribution in [0, 0.1) is 12.7 Å². The molecule has 0 amide bonds. The Balaban J connectivity index is 2.18. The van der Waals surface area contributed by atoms with Gasteiger partial charge in [0.15, 0.2) is 0 Å². The number of benzene rings is 1. The summed E-state index contributed by atoms with van der Waals surface area (Å²) in [5, 5.41) is 0. The summed E-state index contributed by atoms with van der Waals surface area (Å²) in [6.45, 7) is 5.16. The van der Waals surface area contributed by atoms with E-state index in [-0.39, 0.29) is 4.90 Å². The zero-order valence-corrected chi connectivity index (χ0v) is 12.4. The zero-order valence-electron chi connectivity index (χ0n) is 11.5. The second-order valence-corrected chi connectivity index (χ2v) is 6.85. The average Bonchev–Trinajstić information content (AvgIpc) is 2.42. The van der Waals surface area contributed by atoms with Crippen LogP contribution in [-0.2, 0) is 10.0 Å². The Morgan fingerprint density at radius 3 is 2.50 bits per heavy atom. The summed E-state index contributed by atoms with van der Waals surface area (Å²) in [5.41, 5.74) is 6.06. The molecular weight excluding hydrogens is 281 g/mol. The summed E-state index contributed by atoms with van der Waals surface area (Å²) in [6.07, 6.45) is 0. The molecule has 0 unspecified atom stereocenters. The quantitative estimate of drug-likeness (QED) is 0.874. The zero-order chi connectivity index (χ0) is 14.8. The Bertz CT molecular complexity index is 569. The first-order valence-electron chi connectivity index (χ1n) is 6.64. The highest BCUT2D eigenvalue weighted by atomic mass is 32.2. The lowest BCUT2D eigenvalue weighted by molar-refractivity contribution is 0.192. The molecule has 0 atom stereocenters. The molecular formula is C13H20FN3O2S. The molecule has 1 saturated heterocycles. The Morgan fingerprint density at radius 2 is 1.90 bits per heavy atom. The van der Waals surface area contributed by atoms with E-state index in [1.807, 2.05) is 0 Å². The van der Waals surface area contributed by atoms with Gasteiger partial charge in [-0.1, -0.05) is 6.07 Å². The number of hydrogen-bond donors (Lipinski definition) is 1. The first-order valence-corrected chi connectivity index (χ1v) is 8.08. The summed E-state index contributed by atoms with van der Waals surface area (Å²) in [4.78, 5) is 2.19. The third-order valence-corrected chi connectivity index (χ3v) is 5.59. The van der Waals surface area contributed by atoms with Gasteiger partial charge < -0.3 is 5.73 Å². The maximum Gasteiger partial charge on any atom is 0.243 e. The third kappa shape index (κ3) is 3.17. The maximum atomic E-state index is 13.3. The van der Waals surface area contributed by atoms with Gasteiger partial charge in [-0.05, 0) is 24.6 Å². The smallest absolute Gasteiger partial charge is 0.243 e. The molecule has 1 heterocycles. The second-order valence-electron chi connectivity index (χ2n) is 4.94. The van der Waals surface area contributed by atoms with Gasteiger partial charge in [-0.2, -0.15) is 4.31 Å². The number of halogens is 1. The summed E-state index contributed by atoms with van der Waals surface area (Å²) in [7, 11) is -3.62. The Hall–Kier alpha value is -1.02. The lowest BCUT2D eigenvalue weighted by Crippen LogP contribution is -2.49. The highest BCUT2D eigenvalue weighted by Gasteiger charge is 2.29. The fourth-order valence-electron chi connectivity index (χ4n) is 2.37. The fraction of sp³-hybridized carbons (Fsp3) is 0.538. The topological polar surface area (TPSA) is 66.6 Å². The minimum absolute atomic E-state index is 0.0600. The van der Waals surface area contributed by atoms with Crippen LogP contribution in [0.4, 0.5) is 4.39 Å². The van der Waals surface area contributed by atoms with Crippen LogP contribution in [-0.4, -0.2) is 56.9 Å². The molecule has 0 aliphatic carbocycles. The van der Waals surface area contributed by atoms with Crippen molar-refractivity contribution >= 4 is 10.0 Å². The Morgan fingerprint density at radius 1 is 1.25 bits per heavy atom. The minimum atomic E-state index is -3.62. The van der Waals surface area contributed by atoms with Gasteiger partial charge in [0.1, 0.15) is 5.82 Å². The Kier molecular flexibility index (Phi) is 4.74. The molecule has 112 valence electrons. The molecule has 2 rings (SSSR count). The van der Waals surface area contributed by atoms with E-state index >= 15 is 0 Å². The number of nitrogens with zero attached hydrogens (tertiary/aromatic N) is 2. The first-order chi connectivity index (χ1) is 9.45. The predicted molar refractivity (Wildman–Crippen MR) is 75.4 cm³/mol. The molecule has 1 fully saturated rings. The number of sulfonamides is 1. The largest absolute Gasteiger partial charge is 0.329 e. The van der Waals surface area contributed by atoms with Crippen LogP contribution in [0.1, 0.15) is 5.56 Å². The molecule has 1 aromatic rings. The molecule has 20 heavy (non-hydrogen) atoms. The number of piperazine rings is 1. The molecule has 1 aliphatic rings. The molecule has 5 nitrogen and oxygen atoms in total. The standard InChI is InChI=1S/C13H20FN3O2S/c1-11-2-3-12(14)10-13(11)20(18,19)17-8-6-16(5-4-15)7-9-17/h2-3,10H,4-9,15H2,1H3. The SMILES string of the molecule is Cc1ccc(F)cc1S(=O)(=O)N1CCN(CCN)CC1. The normalized spacial score (nSPS) is 18.4. The van der Waals surface area contributed by atoms with Crippen LogP contribution in [0.15, 0.2) is 23.1 Å². The van der Waals surface area contributed by atoms with Crippen molar-refractivity contribution in [3.8, 4) is 0 Å². The summed E-state index contributed by atoms with van der Waals surface area (Å²) >= 11 is 0. The van der Waals surface area contributed by atoms with Crippen LogP contribution in [0.3, 0.4) is 0 Å². The van der Waals surface area contributed by atoms with Crippen molar-refractivity contribution < 1.29 is 12.8 Å². The molecule has 0 spiro atoms. The van der Waals surface area contributed by atoms with Crippen molar-refractivity contribution in [2.24, 2.45) is 5.73 Å². The van der Waals surface area contributed by atoms with Crippen molar-refractivity contribution in [2.75, 3.05) is 39.3 Å². The fourth-order valence-corrected chi connectivity index (χ4v) is 4.03. The van der Waals surface area contributed by atoms with Crippen LogP contribution < -0.4 is 5.73 Å². The van der Waals surface area contributed by atoms with E-state index in [0.717, 1.165) is 12.6 Å². The number of aryl methyl sites for hydroxylation is 1. The highest BCUT2D eigenvalue weighted by molar-refractivity contribution is 7.89. The predicted octanol–water partition coefficient (Wildman–Crippen LogP) is 0.399. The van der Waals surface area contributed by atoms with Gasteiger partial charge in [-0.3, -0.25) is 4.90 Å². The van der Waals surface area contributed by atoms with Crippen LogP contribution in [0.2, 0.25) is 0 Å². The van der Waals surface area contributed by atoms with E-state index in [4.69, 9.17) is 5.73 Å². The number of nitrogens with two attached hydrogens (primary N) is 1. The Labute approximate surface area is 119 Å². The molecule has 0 aromatic heterocycles. The van der Waals surface area contributed by atoms with E-state index in [1.165, 1.54) is 16.4 Å². The van der Waals surface area contributed by atoms with Crippen molar-refractivity contribution in [3.05, 3.63) is 29.6 Å². The van der Waals surface area contributed by atoms with E-state index < -0.39 is 15.8 Å². The number of hydrogen-bond acceptors (Lipinski definition) is 4. The molecule has 2 N–H and O–H groups in total. The van der Waals surface area contributed by atoms with E-state index in [0.29, 0.717) is 38.3 Å². The second kappa shape index (κ2) is 6.17. The van der Waals surface area contributed by atoms with Gasteiger partial charge in [0.25, 0.3) is 0 Å². The minimum Gasteiger partial charge on any atom is -0.329 e. The molecule has 1 aliphatic heterocycles. The third-order valence-electron chi connectivity index (χ3n) is 3.54. The van der Waals surface area contributed by atoms with Crippen LogP contribution >= 0.6 is 0 Å². The molecule has 0 bridgehead atoms. The van der Waals surface area contributed by atoms with Crippen molar-refractivity contribution in [1.82, 2.24) is 9.21 Å². The molecule has 1 aromatic carbocycles. The van der Waals surface area contributed by atoms with Gasteiger partial charge in [0.05, 0.1) is 4.90 Å². The van der Waals surface area contributed by atoms with E-state index in [1.54, 1.807) is 6.92 Å². The van der Waals surface area contributed by atoms with E-state index in [2.05, 4.69) is 4.90 Å². The molecule has 7 heteroatoms. The molecule has 0 radical (unpaired) electrons. The summed E-state index contributed by atoms with van der Waals surface area (Å²) in [5.74, 6) is -0.532. The van der Waals surface area contributed by atoms with Gasteiger partial charge in [-0.25, -0.2) is 12.8 Å². The van der Waals surface area contributed by atoms with Crippen LogP contribution in [0.5, 0.6) is 0 Å². The number of rotatable bonds is 4. The highest BCUT2D eigenvalue weighted by Crippen LogP contribution is 2.22. The maximum absolute atomic E-state index is 13.3. The van der Waals surface area contributed by atoms with Crippen molar-refractivity contribution in [2.45, 2.75) is 11.8 Å². The summed E-state index contributed by atoms with van der Waals surface area (Å²) < 4.78 is 39.8. The average molecular weight is 301 g/mol. The van der Waals surface area contributed by atoms with Gasteiger partial charge in [-0.15, -0.1) is 0 Å². The van der Waals surface area contributed by atoms with Gasteiger partial charge >= 0.3 is 0 Å². The monoisotopic (exact) mass is 301 g/mol. The lowest BCUT2D eigenvalue weighted by Gasteiger charge is -2.33.